The molecule has 1 atom stereocenters. The maximum atomic E-state index is 7.57. The van der Waals surface area contributed by atoms with Crippen molar-refractivity contribution >= 4 is 17.1 Å². The summed E-state index contributed by atoms with van der Waals surface area (Å²) >= 11 is 0. The quantitative estimate of drug-likeness (QED) is 0.0477. The normalized spacial score (nSPS) is 17.5. The fourth-order valence-corrected chi connectivity index (χ4v) is 10.6. The van der Waals surface area contributed by atoms with Gasteiger partial charge in [0, 0.05) is 77.7 Å². The van der Waals surface area contributed by atoms with Crippen LogP contribution >= 0.6 is 0 Å². The minimum absolute atomic E-state index is 0.230. The summed E-state index contributed by atoms with van der Waals surface area (Å²) < 4.78 is 40.4. The standard InChI is InChI=1S/C64H79N3O6/c1-62(2,3)61(51-33-35-65(36-34-51)39-40-71-43-44-72-42-41-68-8)73-60-49(23-29-58-63(4,5)54-45-52(69-9)25-27-56(54)66(58)37-31-47-17-13-11-14-18-47)21-22-50(60)24-30-59-64(6,7)55-46-53(70-10)26-28-57(55)67(59)38-32-48-19-15-12-16-20-48/h11-20,23-30,33-36,45-46,61H,21-22,31-32,37-44H2,1-10H3/q+2. The van der Waals surface area contributed by atoms with Crippen molar-refractivity contribution in [2.45, 2.75) is 97.6 Å². The number of hydrogen-bond acceptors (Lipinski definition) is 7. The van der Waals surface area contributed by atoms with E-state index in [-0.39, 0.29) is 22.3 Å². The lowest BCUT2D eigenvalue weighted by Crippen LogP contribution is -2.36. The Morgan fingerprint density at radius 1 is 0.644 bits per heavy atom. The third-order valence-electron chi connectivity index (χ3n) is 14.8. The molecule has 0 spiro atoms. The maximum absolute atomic E-state index is 7.57. The first-order valence-electron chi connectivity index (χ1n) is 26.2. The lowest BCUT2D eigenvalue weighted by molar-refractivity contribution is -0.698. The molecule has 4 aromatic carbocycles. The van der Waals surface area contributed by atoms with Crippen molar-refractivity contribution in [2.24, 2.45) is 5.41 Å². The average molecular weight is 986 g/mol. The van der Waals surface area contributed by atoms with Crippen LogP contribution in [0.4, 0.5) is 11.4 Å². The first kappa shape index (κ1) is 53.0. The van der Waals surface area contributed by atoms with Crippen molar-refractivity contribution in [1.29, 1.82) is 0 Å². The molecular formula is C64H79N3O6+2. The third kappa shape index (κ3) is 12.4. The molecule has 0 bridgehead atoms. The Hall–Kier alpha value is -6.26. The predicted molar refractivity (Wildman–Crippen MR) is 294 cm³/mol. The molecule has 0 radical (unpaired) electrons. The number of methoxy groups -OCH3 is 3. The van der Waals surface area contributed by atoms with Crippen LogP contribution in [0.3, 0.4) is 0 Å². The summed E-state index contributed by atoms with van der Waals surface area (Å²) in [6.07, 6.45) is 17.1. The van der Waals surface area contributed by atoms with Gasteiger partial charge in [-0.3, -0.25) is 0 Å². The minimum Gasteiger partial charge on any atom is -0.497 e. The van der Waals surface area contributed by atoms with Crippen LogP contribution in [0, 0.1) is 5.41 Å². The zero-order valence-electron chi connectivity index (χ0n) is 45.2. The Morgan fingerprint density at radius 3 is 1.93 bits per heavy atom. The van der Waals surface area contributed by atoms with Crippen LogP contribution < -0.4 is 18.9 Å². The number of nitrogens with zero attached hydrogens (tertiary/aromatic N) is 3. The highest BCUT2D eigenvalue weighted by Crippen LogP contribution is 2.50. The predicted octanol–water partition coefficient (Wildman–Crippen LogP) is 12.5. The maximum Gasteiger partial charge on any atom is 0.210 e. The van der Waals surface area contributed by atoms with E-state index in [1.54, 1.807) is 21.3 Å². The van der Waals surface area contributed by atoms with Gasteiger partial charge in [-0.2, -0.15) is 4.58 Å². The Labute approximate surface area is 436 Å². The van der Waals surface area contributed by atoms with Gasteiger partial charge in [-0.05, 0) is 103 Å². The summed E-state index contributed by atoms with van der Waals surface area (Å²) in [6.45, 7) is 21.5. The molecule has 2 aliphatic heterocycles. The molecule has 73 heavy (non-hydrogen) atoms. The van der Waals surface area contributed by atoms with E-state index in [1.807, 2.05) is 0 Å². The number of benzene rings is 4. The smallest absolute Gasteiger partial charge is 0.210 e. The van der Waals surface area contributed by atoms with Crippen LogP contribution in [-0.4, -0.2) is 77.7 Å². The number of anilines is 1. The second-order valence-corrected chi connectivity index (χ2v) is 21.6. The van der Waals surface area contributed by atoms with Crippen LogP contribution in [0.25, 0.3) is 0 Å². The van der Waals surface area contributed by atoms with Crippen molar-refractivity contribution in [1.82, 2.24) is 0 Å². The molecule has 1 aliphatic carbocycles. The number of hydrogen-bond donors (Lipinski definition) is 0. The Kier molecular flexibility index (Phi) is 17.2. The van der Waals surface area contributed by atoms with Gasteiger partial charge in [-0.1, -0.05) is 101 Å². The van der Waals surface area contributed by atoms with Gasteiger partial charge in [-0.25, -0.2) is 4.57 Å². The summed E-state index contributed by atoms with van der Waals surface area (Å²) in [6, 6.07) is 39.1. The number of ether oxygens (including phenoxy) is 6. The molecule has 3 heterocycles. The molecule has 384 valence electrons. The summed E-state index contributed by atoms with van der Waals surface area (Å²) in [7, 11) is 5.18. The topological polar surface area (TPSA) is 65.5 Å². The molecule has 1 aromatic heterocycles. The van der Waals surface area contributed by atoms with Gasteiger partial charge >= 0.3 is 0 Å². The number of allylic oxidation sites excluding steroid dienone is 7. The van der Waals surface area contributed by atoms with E-state index >= 15 is 0 Å². The Morgan fingerprint density at radius 2 is 1.27 bits per heavy atom. The molecule has 9 nitrogen and oxygen atoms in total. The molecule has 5 aromatic rings. The number of rotatable bonds is 23. The van der Waals surface area contributed by atoms with Gasteiger partial charge in [0.1, 0.15) is 30.0 Å². The van der Waals surface area contributed by atoms with Gasteiger partial charge in [0.2, 0.25) is 5.69 Å². The number of fused-ring (bicyclic) bond motifs is 2. The summed E-state index contributed by atoms with van der Waals surface area (Å²) in [5.41, 5.74) is 12.9. The highest BCUT2D eigenvalue weighted by Gasteiger charge is 2.45. The molecule has 1 unspecified atom stereocenters. The largest absolute Gasteiger partial charge is 0.497 e. The van der Waals surface area contributed by atoms with Crippen LogP contribution in [0.1, 0.15) is 95.2 Å². The van der Waals surface area contributed by atoms with Crippen molar-refractivity contribution in [3.63, 3.8) is 0 Å². The van der Waals surface area contributed by atoms with Crippen molar-refractivity contribution < 1.29 is 37.6 Å². The molecule has 0 saturated heterocycles. The monoisotopic (exact) mass is 986 g/mol. The lowest BCUT2D eigenvalue weighted by Gasteiger charge is -2.32. The SMILES string of the molecule is COCCOCCOCC[n+]1ccc(C(OC2=C(/C=C/C3=[N+](CCc4ccccc4)c4ccc(OC)cc4C3(C)C)CC/C2=C\C=C2\N(CCc3ccccc3)c3ccc(OC)cc3C2(C)C)C(C)(C)C)cc1. The molecule has 9 heteroatoms. The number of aromatic nitrogens is 1. The van der Waals surface area contributed by atoms with Crippen molar-refractivity contribution in [3.05, 3.63) is 196 Å². The molecule has 8 rings (SSSR count). The second kappa shape index (κ2) is 23.7. The van der Waals surface area contributed by atoms with E-state index in [0.29, 0.717) is 33.0 Å². The zero-order valence-corrected chi connectivity index (χ0v) is 45.2. The first-order chi connectivity index (χ1) is 35.2. The third-order valence-corrected chi connectivity index (χ3v) is 14.8. The summed E-state index contributed by atoms with van der Waals surface area (Å²) in [4.78, 5) is 2.52. The van der Waals surface area contributed by atoms with E-state index in [1.165, 1.54) is 56.2 Å². The Bertz CT molecular complexity index is 2820. The van der Waals surface area contributed by atoms with Gasteiger partial charge in [0.05, 0.1) is 46.1 Å². The van der Waals surface area contributed by atoms with Gasteiger partial charge in [-0.15, -0.1) is 0 Å². The molecule has 0 saturated carbocycles. The molecule has 0 fully saturated rings. The lowest BCUT2D eigenvalue weighted by atomic mass is 9.81. The van der Waals surface area contributed by atoms with Gasteiger partial charge in [0.15, 0.2) is 31.2 Å². The highest BCUT2D eigenvalue weighted by atomic mass is 16.5. The fourth-order valence-electron chi connectivity index (χ4n) is 10.6. The van der Waals surface area contributed by atoms with E-state index < -0.39 is 0 Å². The van der Waals surface area contributed by atoms with Crippen LogP contribution in [0.5, 0.6) is 11.5 Å². The van der Waals surface area contributed by atoms with Crippen LogP contribution in [0.2, 0.25) is 0 Å². The molecule has 3 aliphatic rings. The molecule has 0 N–H and O–H groups in total. The summed E-state index contributed by atoms with van der Waals surface area (Å²) in [5, 5.41) is 0. The van der Waals surface area contributed by atoms with E-state index in [4.69, 9.17) is 28.4 Å². The fraction of sp³-hybridized carbons (Fsp3) is 0.406. The minimum atomic E-state index is -0.272. The average Bonchev–Trinajstić information content (AvgIpc) is 3.95. The van der Waals surface area contributed by atoms with Crippen molar-refractivity contribution in [3.8, 4) is 11.5 Å². The molecule has 0 amide bonds. The summed E-state index contributed by atoms with van der Waals surface area (Å²) in [5.74, 6) is 2.71. The van der Waals surface area contributed by atoms with E-state index in [2.05, 4.69) is 208 Å². The van der Waals surface area contributed by atoms with Crippen LogP contribution in [0.15, 0.2) is 168 Å². The Balaban J connectivity index is 1.17. The van der Waals surface area contributed by atoms with Crippen LogP contribution in [-0.2, 0) is 49.2 Å². The van der Waals surface area contributed by atoms with E-state index in [0.717, 1.165) is 68.1 Å². The molecular weight excluding hydrogens is 907 g/mol. The second-order valence-electron chi connectivity index (χ2n) is 21.6. The van der Waals surface area contributed by atoms with Gasteiger partial charge in [0.25, 0.3) is 0 Å². The van der Waals surface area contributed by atoms with E-state index in [9.17, 15) is 0 Å². The zero-order chi connectivity index (χ0) is 51.6. The van der Waals surface area contributed by atoms with Crippen molar-refractivity contribution in [2.75, 3.05) is 72.4 Å². The number of pyridine rings is 1. The first-order valence-corrected chi connectivity index (χ1v) is 26.2. The highest BCUT2D eigenvalue weighted by molar-refractivity contribution is 6.03. The van der Waals surface area contributed by atoms with Gasteiger partial charge < -0.3 is 33.3 Å².